The Balaban J connectivity index is 1.80. The molecule has 2 aromatic heterocycles. The van der Waals surface area contributed by atoms with Crippen LogP contribution in [0.2, 0.25) is 0 Å². The number of nitriles is 1. The number of aryl methyl sites for hydroxylation is 1. The van der Waals surface area contributed by atoms with Gasteiger partial charge in [0, 0.05) is 25.5 Å². The maximum atomic E-state index is 8.92. The summed E-state index contributed by atoms with van der Waals surface area (Å²) in [4.78, 5) is 8.68. The Morgan fingerprint density at radius 1 is 1.52 bits per heavy atom. The predicted octanol–water partition coefficient (Wildman–Crippen LogP) is 2.11. The van der Waals surface area contributed by atoms with Crippen LogP contribution in [0.3, 0.4) is 0 Å². The highest BCUT2D eigenvalue weighted by atomic mass is 16.5. The number of rotatable bonds is 4. The largest absolute Gasteiger partial charge is 0.368 e. The molecule has 0 saturated carbocycles. The molecule has 6 nitrogen and oxygen atoms in total. The minimum atomic E-state index is -0.0903. The van der Waals surface area contributed by atoms with E-state index in [1.807, 2.05) is 18.3 Å². The highest BCUT2D eigenvalue weighted by molar-refractivity contribution is 5.40. The monoisotopic (exact) mass is 283 g/mol. The van der Waals surface area contributed by atoms with E-state index in [1.165, 1.54) is 0 Å². The van der Waals surface area contributed by atoms with Crippen LogP contribution in [-0.2, 0) is 11.3 Å². The Morgan fingerprint density at radius 3 is 3.24 bits per heavy atom. The van der Waals surface area contributed by atoms with Crippen LogP contribution in [-0.4, -0.2) is 27.2 Å². The molecule has 1 aliphatic heterocycles. The van der Waals surface area contributed by atoms with E-state index in [0.29, 0.717) is 18.1 Å². The first-order chi connectivity index (χ1) is 10.3. The molecule has 108 valence electrons. The Morgan fingerprint density at radius 2 is 2.43 bits per heavy atom. The van der Waals surface area contributed by atoms with Crippen molar-refractivity contribution in [2.45, 2.75) is 32.0 Å². The molecule has 1 aliphatic rings. The molecule has 0 amide bonds. The van der Waals surface area contributed by atoms with Gasteiger partial charge >= 0.3 is 0 Å². The lowest BCUT2D eigenvalue weighted by Crippen LogP contribution is -2.26. The summed E-state index contributed by atoms with van der Waals surface area (Å²) in [5.74, 6) is 1.63. The van der Waals surface area contributed by atoms with E-state index in [2.05, 4.69) is 32.8 Å². The molecular weight excluding hydrogens is 266 g/mol. The van der Waals surface area contributed by atoms with Gasteiger partial charge in [0.2, 0.25) is 0 Å². The molecule has 0 aromatic carbocycles. The van der Waals surface area contributed by atoms with Crippen LogP contribution in [0.15, 0.2) is 30.6 Å². The van der Waals surface area contributed by atoms with Gasteiger partial charge in [0.1, 0.15) is 29.5 Å². The Kier molecular flexibility index (Phi) is 3.84. The molecule has 0 unspecified atom stereocenters. The zero-order chi connectivity index (χ0) is 14.7. The van der Waals surface area contributed by atoms with E-state index >= 15 is 0 Å². The normalized spacial score (nSPS) is 21.1. The lowest BCUT2D eigenvalue weighted by Gasteiger charge is -2.20. The van der Waals surface area contributed by atoms with Crippen LogP contribution >= 0.6 is 0 Å². The fraction of sp³-hybridized carbons (Fsp3) is 0.400. The maximum Gasteiger partial charge on any atom is 0.142 e. The zero-order valence-electron chi connectivity index (χ0n) is 11.9. The van der Waals surface area contributed by atoms with Crippen LogP contribution < -0.4 is 5.32 Å². The minimum Gasteiger partial charge on any atom is -0.368 e. The van der Waals surface area contributed by atoms with Gasteiger partial charge in [-0.1, -0.05) is 6.07 Å². The molecule has 0 radical (unpaired) electrons. The van der Waals surface area contributed by atoms with Gasteiger partial charge in [-0.15, -0.1) is 0 Å². The molecule has 2 atom stereocenters. The van der Waals surface area contributed by atoms with Gasteiger partial charge in [0.05, 0.1) is 6.04 Å². The summed E-state index contributed by atoms with van der Waals surface area (Å²) in [5.41, 5.74) is 0.408. The lowest BCUT2D eigenvalue weighted by molar-refractivity contribution is 0.0976. The van der Waals surface area contributed by atoms with E-state index in [9.17, 15) is 0 Å². The third-order valence-electron chi connectivity index (χ3n) is 3.63. The Hall–Kier alpha value is -2.39. The van der Waals surface area contributed by atoms with Crippen molar-refractivity contribution in [3.63, 3.8) is 0 Å². The number of anilines is 1. The molecule has 0 bridgehead atoms. The molecule has 0 spiro atoms. The van der Waals surface area contributed by atoms with Crippen molar-refractivity contribution < 1.29 is 4.74 Å². The average Bonchev–Trinajstić information content (AvgIpc) is 3.15. The first-order valence-corrected chi connectivity index (χ1v) is 7.08. The van der Waals surface area contributed by atoms with Gasteiger partial charge in [-0.2, -0.15) is 5.26 Å². The molecule has 21 heavy (non-hydrogen) atoms. The minimum absolute atomic E-state index is 0.0903. The summed E-state index contributed by atoms with van der Waals surface area (Å²) in [6.45, 7) is 3.64. The second-order valence-corrected chi connectivity index (χ2v) is 4.92. The molecule has 0 aliphatic carbocycles. The number of pyridine rings is 1. The van der Waals surface area contributed by atoms with Crippen molar-refractivity contribution in [3.8, 4) is 6.07 Å². The number of nitrogens with zero attached hydrogens (tertiary/aromatic N) is 4. The first-order valence-electron chi connectivity index (χ1n) is 7.08. The van der Waals surface area contributed by atoms with Gasteiger partial charge in [0.15, 0.2) is 0 Å². The van der Waals surface area contributed by atoms with Crippen molar-refractivity contribution in [2.75, 3.05) is 11.9 Å². The average molecular weight is 283 g/mol. The van der Waals surface area contributed by atoms with E-state index in [-0.39, 0.29) is 12.1 Å². The van der Waals surface area contributed by atoms with E-state index in [4.69, 9.17) is 10.00 Å². The quantitative estimate of drug-likeness (QED) is 0.930. The summed E-state index contributed by atoms with van der Waals surface area (Å²) in [7, 11) is 0. The van der Waals surface area contributed by atoms with Crippen molar-refractivity contribution >= 4 is 5.82 Å². The first kappa shape index (κ1) is 13.6. The van der Waals surface area contributed by atoms with Crippen LogP contribution in [0.5, 0.6) is 0 Å². The zero-order valence-corrected chi connectivity index (χ0v) is 11.9. The van der Waals surface area contributed by atoms with Gasteiger partial charge in [-0.3, -0.25) is 0 Å². The Labute approximate surface area is 123 Å². The van der Waals surface area contributed by atoms with E-state index < -0.39 is 0 Å². The summed E-state index contributed by atoms with van der Waals surface area (Å²) in [5, 5.41) is 12.3. The van der Waals surface area contributed by atoms with Gasteiger partial charge in [0.25, 0.3) is 0 Å². The highest BCUT2D eigenvalue weighted by Crippen LogP contribution is 2.30. The van der Waals surface area contributed by atoms with Crippen LogP contribution in [0, 0.1) is 11.3 Å². The number of nitrogens with one attached hydrogen (secondary N) is 1. The number of aromatic nitrogens is 3. The van der Waals surface area contributed by atoms with Gasteiger partial charge in [-0.05, 0) is 25.5 Å². The third-order valence-corrected chi connectivity index (χ3v) is 3.63. The Bertz CT molecular complexity index is 660. The summed E-state index contributed by atoms with van der Waals surface area (Å²) in [6, 6.07) is 7.54. The number of hydrogen-bond acceptors (Lipinski definition) is 5. The molecule has 1 saturated heterocycles. The number of hydrogen-bond donors (Lipinski definition) is 1. The topological polar surface area (TPSA) is 75.8 Å². The highest BCUT2D eigenvalue weighted by Gasteiger charge is 2.32. The van der Waals surface area contributed by atoms with Gasteiger partial charge in [-0.25, -0.2) is 9.97 Å². The molecule has 2 aromatic rings. The lowest BCUT2D eigenvalue weighted by atomic mass is 10.1. The second-order valence-electron chi connectivity index (χ2n) is 4.92. The second kappa shape index (κ2) is 5.94. The number of imidazole rings is 1. The third kappa shape index (κ3) is 2.73. The van der Waals surface area contributed by atoms with Crippen molar-refractivity contribution in [2.24, 2.45) is 0 Å². The maximum absolute atomic E-state index is 8.92. The van der Waals surface area contributed by atoms with E-state index in [0.717, 1.165) is 18.8 Å². The van der Waals surface area contributed by atoms with Crippen LogP contribution in [0.4, 0.5) is 5.82 Å². The van der Waals surface area contributed by atoms with Crippen molar-refractivity contribution in [3.05, 3.63) is 42.1 Å². The van der Waals surface area contributed by atoms with Crippen LogP contribution in [0.1, 0.15) is 31.0 Å². The fourth-order valence-corrected chi connectivity index (χ4v) is 2.60. The molecule has 1 fully saturated rings. The van der Waals surface area contributed by atoms with Crippen molar-refractivity contribution in [1.29, 1.82) is 5.26 Å². The molecule has 6 heteroatoms. The molecule has 3 rings (SSSR count). The summed E-state index contributed by atoms with van der Waals surface area (Å²) < 4.78 is 7.93. The summed E-state index contributed by atoms with van der Waals surface area (Å²) in [6.07, 6.45) is 4.56. The fourth-order valence-electron chi connectivity index (χ4n) is 2.60. The van der Waals surface area contributed by atoms with Gasteiger partial charge < -0.3 is 14.6 Å². The SMILES string of the molecule is CCn1ccnc1[C@H]1OCC[C@@H]1Nc1cccc(C#N)n1. The standard InChI is InChI=1S/C15H17N5O/c1-2-20-8-7-17-15(20)14-12(6-9-21-14)19-13-5-3-4-11(10-16)18-13/h3-5,7-8,12,14H,2,6,9H2,1H3,(H,18,19)/t12-,14-/m0/s1. The predicted molar refractivity (Wildman–Crippen MR) is 77.6 cm³/mol. The van der Waals surface area contributed by atoms with Crippen molar-refractivity contribution in [1.82, 2.24) is 14.5 Å². The smallest absolute Gasteiger partial charge is 0.142 e. The van der Waals surface area contributed by atoms with Crippen LogP contribution in [0.25, 0.3) is 0 Å². The molecular formula is C15H17N5O. The number of ether oxygens (including phenoxy) is 1. The molecule has 1 N–H and O–H groups in total. The summed E-state index contributed by atoms with van der Waals surface area (Å²) >= 11 is 0. The molecule has 3 heterocycles. The van der Waals surface area contributed by atoms with E-state index in [1.54, 1.807) is 12.3 Å².